The van der Waals surface area contributed by atoms with Gasteiger partial charge >= 0.3 is 12.2 Å². The Balaban J connectivity index is 1.63. The number of hydrogen-bond acceptors (Lipinski definition) is 10. The van der Waals surface area contributed by atoms with Crippen molar-refractivity contribution in [2.75, 3.05) is 18.1 Å². The normalized spacial score (nSPS) is 15.6. The number of nitrogens with one attached hydrogen (secondary N) is 1. The lowest BCUT2D eigenvalue weighted by molar-refractivity contribution is 0.0429. The predicted octanol–water partition coefficient (Wildman–Crippen LogP) is 6.12. The van der Waals surface area contributed by atoms with Crippen LogP contribution in [0.4, 0.5) is 15.4 Å². The van der Waals surface area contributed by atoms with E-state index >= 15 is 0 Å². The predicted molar refractivity (Wildman–Crippen MR) is 152 cm³/mol. The molecule has 0 aliphatic carbocycles. The second kappa shape index (κ2) is 12.0. The zero-order valence-corrected chi connectivity index (χ0v) is 25.1. The number of nitrogens with zero attached hydrogens (tertiary/aromatic N) is 4. The Kier molecular flexibility index (Phi) is 8.91. The molecule has 1 fully saturated rings. The summed E-state index contributed by atoms with van der Waals surface area (Å²) in [5.41, 5.74) is 0.837. The number of aromatic nitrogens is 3. The molecule has 2 amide bonds. The van der Waals surface area contributed by atoms with Gasteiger partial charge in [0.05, 0.1) is 12.8 Å². The highest BCUT2D eigenvalue weighted by molar-refractivity contribution is 9.10. The number of ether oxygens (including phenoxy) is 3. The molecule has 11 nitrogen and oxygen atoms in total. The first-order valence-electron chi connectivity index (χ1n) is 13.0. The fourth-order valence-corrected chi connectivity index (χ4v) is 4.11. The van der Waals surface area contributed by atoms with Gasteiger partial charge in [0.2, 0.25) is 0 Å². The second-order valence-electron chi connectivity index (χ2n) is 11.4. The monoisotopic (exact) mass is 615 g/mol. The highest BCUT2D eigenvalue weighted by atomic mass is 79.9. The molecule has 40 heavy (non-hydrogen) atoms. The first kappa shape index (κ1) is 29.6. The second-order valence-corrected chi connectivity index (χ2v) is 12.2. The number of anilines is 1. The maximum atomic E-state index is 13.2. The number of imide groups is 1. The van der Waals surface area contributed by atoms with Crippen molar-refractivity contribution in [2.24, 2.45) is 0 Å². The van der Waals surface area contributed by atoms with Crippen LogP contribution in [0.2, 0.25) is 0 Å². The van der Waals surface area contributed by atoms with Gasteiger partial charge in [0, 0.05) is 30.8 Å². The molecular formula is C28H34BrN5O6. The number of hydrogen-bond donors (Lipinski definition) is 1. The highest BCUT2D eigenvalue weighted by Crippen LogP contribution is 2.33. The third-order valence-corrected chi connectivity index (χ3v) is 5.99. The zero-order valence-electron chi connectivity index (χ0n) is 23.5. The molecule has 3 heterocycles. The highest BCUT2D eigenvalue weighted by Gasteiger charge is 2.36. The van der Waals surface area contributed by atoms with Crippen molar-refractivity contribution < 1.29 is 28.3 Å². The van der Waals surface area contributed by atoms with Crippen molar-refractivity contribution in [1.29, 1.82) is 0 Å². The van der Waals surface area contributed by atoms with E-state index in [2.05, 4.69) is 36.4 Å². The van der Waals surface area contributed by atoms with Crippen LogP contribution in [0.25, 0.3) is 22.7 Å². The van der Waals surface area contributed by atoms with Gasteiger partial charge in [-0.15, -0.1) is 0 Å². The number of halogens is 1. The first-order chi connectivity index (χ1) is 18.8. The van der Waals surface area contributed by atoms with E-state index in [0.717, 1.165) is 37.3 Å². The summed E-state index contributed by atoms with van der Waals surface area (Å²) in [6.07, 6.45) is 0.447. The van der Waals surface area contributed by atoms with E-state index in [0.29, 0.717) is 21.2 Å². The van der Waals surface area contributed by atoms with Gasteiger partial charge in [0.1, 0.15) is 21.5 Å². The molecule has 1 aliphatic rings. The Morgan fingerprint density at radius 1 is 1.07 bits per heavy atom. The van der Waals surface area contributed by atoms with Gasteiger partial charge in [-0.25, -0.2) is 19.6 Å². The molecule has 214 valence electrons. The first-order valence-corrected chi connectivity index (χ1v) is 13.7. The van der Waals surface area contributed by atoms with Crippen LogP contribution in [0, 0.1) is 0 Å². The summed E-state index contributed by atoms with van der Waals surface area (Å²) in [5, 5.41) is 7.69. The SMILES string of the molecule is CC(C)(C)OC(=O)N(C(=O)OC(C)(C)C)c1ncc(Br)nc1-c1cc(-c2ccc(CN[C@H]3CCOC3)cc2)no1. The summed E-state index contributed by atoms with van der Waals surface area (Å²) in [5.74, 6) is 0.0783. The van der Waals surface area contributed by atoms with Crippen LogP contribution in [-0.2, 0) is 20.8 Å². The average Bonchev–Trinajstić information content (AvgIpc) is 3.54. The summed E-state index contributed by atoms with van der Waals surface area (Å²) in [7, 11) is 0. The standard InChI is InChI=1S/C28H34BrN5O6/c1-27(2,3)38-25(35)34(26(36)39-28(4,5)6)24-23(32-22(29)15-31-24)21-13-20(33-40-21)18-9-7-17(8-10-18)14-30-19-11-12-37-16-19/h7-10,13,15,19,30H,11-12,14,16H2,1-6H3/t19-/m0/s1. The molecule has 0 unspecified atom stereocenters. The Labute approximate surface area is 241 Å². The van der Waals surface area contributed by atoms with Gasteiger partial charge in [-0.3, -0.25) is 0 Å². The summed E-state index contributed by atoms with van der Waals surface area (Å²) in [4.78, 5) is 35.9. The van der Waals surface area contributed by atoms with Gasteiger partial charge in [0.25, 0.3) is 0 Å². The van der Waals surface area contributed by atoms with E-state index in [4.69, 9.17) is 18.7 Å². The molecule has 1 aromatic carbocycles. The van der Waals surface area contributed by atoms with Crippen LogP contribution < -0.4 is 10.2 Å². The Morgan fingerprint density at radius 3 is 2.30 bits per heavy atom. The smallest absolute Gasteiger partial charge is 0.425 e. The molecule has 2 aromatic heterocycles. The molecule has 0 saturated carbocycles. The van der Waals surface area contributed by atoms with Crippen molar-refractivity contribution in [3.05, 3.63) is 46.7 Å². The molecule has 12 heteroatoms. The van der Waals surface area contributed by atoms with Crippen LogP contribution in [0.5, 0.6) is 0 Å². The molecule has 0 spiro atoms. The molecule has 3 aromatic rings. The molecule has 4 rings (SSSR count). The quantitative estimate of drug-likeness (QED) is 0.346. The number of benzene rings is 1. The lowest BCUT2D eigenvalue weighted by Crippen LogP contribution is -2.44. The van der Waals surface area contributed by atoms with Crippen molar-refractivity contribution in [2.45, 2.75) is 71.8 Å². The van der Waals surface area contributed by atoms with Crippen LogP contribution in [0.1, 0.15) is 53.5 Å². The maximum Gasteiger partial charge on any atom is 0.425 e. The van der Waals surface area contributed by atoms with E-state index in [1.54, 1.807) is 47.6 Å². The third kappa shape index (κ3) is 7.86. The van der Waals surface area contributed by atoms with Gasteiger partial charge in [-0.2, -0.15) is 4.90 Å². The molecule has 1 aliphatic heterocycles. The molecule has 1 N–H and O–H groups in total. The largest absolute Gasteiger partial charge is 0.443 e. The minimum absolute atomic E-state index is 0.101. The number of amides is 2. The fourth-order valence-electron chi connectivity index (χ4n) is 3.83. The van der Waals surface area contributed by atoms with E-state index in [1.165, 1.54) is 6.20 Å². The van der Waals surface area contributed by atoms with E-state index in [1.807, 2.05) is 24.3 Å². The molecule has 0 radical (unpaired) electrons. The number of carbonyl (C=O) groups excluding carboxylic acids is 2. The topological polar surface area (TPSA) is 129 Å². The molecule has 1 atom stereocenters. The zero-order chi connectivity index (χ0) is 29.1. The fraction of sp³-hybridized carbons (Fsp3) is 0.464. The van der Waals surface area contributed by atoms with Gasteiger partial charge in [-0.1, -0.05) is 29.4 Å². The third-order valence-electron chi connectivity index (χ3n) is 5.61. The van der Waals surface area contributed by atoms with Crippen LogP contribution in [0.3, 0.4) is 0 Å². The Hall–Kier alpha value is -3.35. The van der Waals surface area contributed by atoms with E-state index < -0.39 is 23.4 Å². The summed E-state index contributed by atoms with van der Waals surface area (Å²) >= 11 is 3.31. The van der Waals surface area contributed by atoms with E-state index in [9.17, 15) is 9.59 Å². The van der Waals surface area contributed by atoms with E-state index in [-0.39, 0.29) is 17.3 Å². The Morgan fingerprint density at radius 2 is 1.73 bits per heavy atom. The Bertz CT molecular complexity index is 1310. The minimum Gasteiger partial charge on any atom is -0.443 e. The van der Waals surface area contributed by atoms with Gasteiger partial charge in [0.15, 0.2) is 17.3 Å². The molecule has 1 saturated heterocycles. The molecule has 0 bridgehead atoms. The molecular weight excluding hydrogens is 582 g/mol. The summed E-state index contributed by atoms with van der Waals surface area (Å²) in [6, 6.07) is 9.98. The van der Waals surface area contributed by atoms with Crippen LogP contribution in [0.15, 0.2) is 45.7 Å². The number of rotatable bonds is 6. The lowest BCUT2D eigenvalue weighted by Gasteiger charge is -2.28. The number of carbonyl (C=O) groups is 2. The van der Waals surface area contributed by atoms with Crippen molar-refractivity contribution >= 4 is 33.9 Å². The van der Waals surface area contributed by atoms with Gasteiger partial charge in [-0.05, 0) is 69.5 Å². The summed E-state index contributed by atoms with van der Waals surface area (Å²) < 4.78 is 22.4. The lowest BCUT2D eigenvalue weighted by atomic mass is 10.1. The average molecular weight is 617 g/mol. The van der Waals surface area contributed by atoms with Crippen LogP contribution >= 0.6 is 15.9 Å². The summed E-state index contributed by atoms with van der Waals surface area (Å²) in [6.45, 7) is 12.4. The van der Waals surface area contributed by atoms with Gasteiger partial charge < -0.3 is 24.1 Å². The van der Waals surface area contributed by atoms with Crippen molar-refractivity contribution in [1.82, 2.24) is 20.4 Å². The minimum atomic E-state index is -0.965. The van der Waals surface area contributed by atoms with Crippen LogP contribution in [-0.4, -0.2) is 57.8 Å². The maximum absolute atomic E-state index is 13.2. The van der Waals surface area contributed by atoms with Crippen molar-refractivity contribution in [3.8, 4) is 22.7 Å². The van der Waals surface area contributed by atoms with Crippen molar-refractivity contribution in [3.63, 3.8) is 0 Å².